The number of fused-ring (bicyclic) bond motifs is 9. The zero-order valence-corrected chi connectivity index (χ0v) is 56.4. The van der Waals surface area contributed by atoms with Crippen LogP contribution in [0.25, 0.3) is 77.9 Å². The first kappa shape index (κ1) is 63.1. The summed E-state index contributed by atoms with van der Waals surface area (Å²) in [4.78, 5) is 0. The fourth-order valence-corrected chi connectivity index (χ4v) is 16.7. The topological polar surface area (TPSA) is 0 Å². The molecule has 11 rings (SSSR count). The Hall–Kier alpha value is -5.47. The summed E-state index contributed by atoms with van der Waals surface area (Å²) >= 11 is 10.4. The van der Waals surface area contributed by atoms with Crippen molar-refractivity contribution < 1.29 is 0 Å². The van der Waals surface area contributed by atoms with Gasteiger partial charge in [0.05, 0.1) is 0 Å². The summed E-state index contributed by atoms with van der Waals surface area (Å²) in [5.41, 5.74) is 27.9. The van der Waals surface area contributed by atoms with Crippen molar-refractivity contribution in [2.24, 2.45) is 0 Å². The van der Waals surface area contributed by atoms with E-state index in [9.17, 15) is 0 Å². The van der Waals surface area contributed by atoms with Crippen molar-refractivity contribution in [1.29, 1.82) is 0 Å². The molecule has 0 radical (unpaired) electrons. The lowest BCUT2D eigenvalue weighted by Crippen LogP contribution is -2.25. The molecule has 3 aliphatic rings. The maximum absolute atomic E-state index is 6.44. The van der Waals surface area contributed by atoms with Crippen LogP contribution in [0.5, 0.6) is 0 Å². The van der Waals surface area contributed by atoms with Crippen LogP contribution in [0.1, 0.15) is 255 Å². The molecule has 454 valence electrons. The predicted molar refractivity (Wildman–Crippen MR) is 383 cm³/mol. The zero-order valence-electron chi connectivity index (χ0n) is 54.1. The van der Waals surface area contributed by atoms with E-state index in [1.807, 2.05) is 12.1 Å². The molecule has 0 bridgehead atoms. The molecule has 3 aliphatic carbocycles. The predicted octanol–water partition coefficient (Wildman–Crippen LogP) is 27.6. The summed E-state index contributed by atoms with van der Waals surface area (Å²) in [5, 5.41) is 0.787. The molecule has 0 amide bonds. The van der Waals surface area contributed by atoms with Crippen molar-refractivity contribution in [3.63, 3.8) is 0 Å². The van der Waals surface area contributed by atoms with Gasteiger partial charge < -0.3 is 0 Å². The standard InChI is InChI=1S/C85H100BrCl/c1-7-11-15-19-23-27-51-84(52-28-24-20-16-12-8-2)79-57-65(38-47-73(79)74-48-39-66(58-80(74)84)63-35-43-70(87)44-36-63)62-33-31-61(32-34-62)64-37-45-71-72-46-40-67(56-78(72)83(5,6)77(71)55-64)68-41-49-75-76-50-42-69(86)60-82(76)85(81(75)59-68,53-29-25-21-17-13-9-3)54-30-26-22-18-14-10-4/h31-50,55-60H,7-30,51-54H2,1-6H3. The Morgan fingerprint density at radius 2 is 0.494 bits per heavy atom. The van der Waals surface area contributed by atoms with Crippen molar-refractivity contribution in [3.8, 4) is 77.9 Å². The molecule has 0 aromatic heterocycles. The van der Waals surface area contributed by atoms with E-state index in [0.717, 1.165) is 5.02 Å². The molecule has 8 aromatic rings. The highest BCUT2D eigenvalue weighted by Crippen LogP contribution is 2.58. The van der Waals surface area contributed by atoms with Crippen molar-refractivity contribution in [3.05, 3.63) is 201 Å². The fourth-order valence-electron chi connectivity index (χ4n) is 16.3. The third kappa shape index (κ3) is 13.4. The summed E-state index contributed by atoms with van der Waals surface area (Å²) in [7, 11) is 0. The van der Waals surface area contributed by atoms with Gasteiger partial charge in [-0.1, -0.05) is 326 Å². The van der Waals surface area contributed by atoms with Gasteiger partial charge in [0, 0.05) is 25.7 Å². The largest absolute Gasteiger partial charge is 0.0843 e. The first-order valence-corrected chi connectivity index (χ1v) is 36.1. The molecule has 0 saturated heterocycles. The van der Waals surface area contributed by atoms with Crippen molar-refractivity contribution in [1.82, 2.24) is 0 Å². The van der Waals surface area contributed by atoms with E-state index in [4.69, 9.17) is 11.6 Å². The second kappa shape index (κ2) is 29.0. The first-order valence-electron chi connectivity index (χ1n) is 34.9. The molecule has 0 spiro atoms. The van der Waals surface area contributed by atoms with Gasteiger partial charge in [0.15, 0.2) is 0 Å². The Balaban J connectivity index is 0.874. The number of unbranched alkanes of at least 4 members (excludes halogenated alkanes) is 20. The Kier molecular flexibility index (Phi) is 21.0. The van der Waals surface area contributed by atoms with Gasteiger partial charge in [0.1, 0.15) is 0 Å². The number of rotatable bonds is 32. The molecular weight excluding hydrogens is 1140 g/mol. The van der Waals surface area contributed by atoms with E-state index in [1.54, 1.807) is 22.3 Å². The maximum Gasteiger partial charge on any atom is 0.0406 e. The maximum atomic E-state index is 6.44. The Morgan fingerprint density at radius 3 is 0.816 bits per heavy atom. The van der Waals surface area contributed by atoms with Gasteiger partial charge in [-0.25, -0.2) is 0 Å². The van der Waals surface area contributed by atoms with Gasteiger partial charge >= 0.3 is 0 Å². The van der Waals surface area contributed by atoms with E-state index in [0.29, 0.717) is 0 Å². The van der Waals surface area contributed by atoms with Crippen LogP contribution in [0.3, 0.4) is 0 Å². The quantitative estimate of drug-likeness (QED) is 0.0369. The summed E-state index contributed by atoms with van der Waals surface area (Å²) in [6.07, 6.45) is 36.5. The third-order valence-electron chi connectivity index (χ3n) is 21.2. The highest BCUT2D eigenvalue weighted by Gasteiger charge is 2.45. The summed E-state index contributed by atoms with van der Waals surface area (Å²) < 4.78 is 1.20. The van der Waals surface area contributed by atoms with E-state index in [2.05, 4.69) is 203 Å². The van der Waals surface area contributed by atoms with E-state index in [1.165, 1.54) is 273 Å². The highest BCUT2D eigenvalue weighted by atomic mass is 79.9. The second-order valence-electron chi connectivity index (χ2n) is 27.4. The molecule has 0 atom stereocenters. The van der Waals surface area contributed by atoms with E-state index in [-0.39, 0.29) is 16.2 Å². The number of hydrogen-bond acceptors (Lipinski definition) is 0. The minimum atomic E-state index is -0.149. The average Bonchev–Trinajstić information content (AvgIpc) is 1.65. The zero-order chi connectivity index (χ0) is 60.4. The molecule has 0 saturated carbocycles. The monoisotopic (exact) mass is 1230 g/mol. The molecule has 87 heavy (non-hydrogen) atoms. The smallest absolute Gasteiger partial charge is 0.0406 e. The van der Waals surface area contributed by atoms with Gasteiger partial charge in [-0.2, -0.15) is 0 Å². The van der Waals surface area contributed by atoms with Crippen molar-refractivity contribution >= 4 is 27.5 Å². The van der Waals surface area contributed by atoms with Gasteiger partial charge in [-0.15, -0.1) is 0 Å². The lowest BCUT2D eigenvalue weighted by Gasteiger charge is -2.33. The van der Waals surface area contributed by atoms with Crippen LogP contribution in [0.15, 0.2) is 162 Å². The molecule has 0 heterocycles. The van der Waals surface area contributed by atoms with Gasteiger partial charge in [0.2, 0.25) is 0 Å². The molecule has 0 N–H and O–H groups in total. The van der Waals surface area contributed by atoms with Crippen molar-refractivity contribution in [2.45, 2.75) is 238 Å². The molecule has 0 unspecified atom stereocenters. The number of halogens is 2. The van der Waals surface area contributed by atoms with E-state index >= 15 is 0 Å². The second-order valence-corrected chi connectivity index (χ2v) is 28.8. The summed E-state index contributed by atoms with van der Waals surface area (Å²) in [6.45, 7) is 14.2. The fraction of sp³-hybridized carbons (Fsp3) is 0.435. The molecule has 2 heteroatoms. The summed E-state index contributed by atoms with van der Waals surface area (Å²) in [5.74, 6) is 0. The third-order valence-corrected chi connectivity index (χ3v) is 22.0. The van der Waals surface area contributed by atoms with Crippen LogP contribution < -0.4 is 0 Å². The lowest BCUT2D eigenvalue weighted by atomic mass is 9.70. The normalized spacial score (nSPS) is 14.4. The van der Waals surface area contributed by atoms with Crippen LogP contribution in [0.4, 0.5) is 0 Å². The molecule has 8 aromatic carbocycles. The highest BCUT2D eigenvalue weighted by molar-refractivity contribution is 9.10. The first-order chi connectivity index (χ1) is 42.5. The van der Waals surface area contributed by atoms with Gasteiger partial charge in [-0.05, 0) is 192 Å². The van der Waals surface area contributed by atoms with Crippen LogP contribution in [0, 0.1) is 0 Å². The van der Waals surface area contributed by atoms with Crippen LogP contribution in [-0.4, -0.2) is 0 Å². The Labute approximate surface area is 539 Å². The van der Waals surface area contributed by atoms with E-state index < -0.39 is 0 Å². The SMILES string of the molecule is CCCCCCCCC1(CCCCCCCC)c2cc(Br)ccc2-c2ccc(-c3ccc4c(c3)C(C)(C)c3cc(-c5ccc(-c6ccc7c(c6)C(CCCCCCCC)(CCCCCCCC)c6cc(-c8ccc(Cl)cc8)ccc6-7)cc5)ccc3-4)cc21. The number of benzene rings is 8. The molecule has 0 aliphatic heterocycles. The molecule has 0 fully saturated rings. The molecule has 0 nitrogen and oxygen atoms in total. The Bertz CT molecular complexity index is 3560. The number of hydrogen-bond donors (Lipinski definition) is 0. The molecular formula is C85H100BrCl. The van der Waals surface area contributed by atoms with Crippen LogP contribution in [-0.2, 0) is 16.2 Å². The van der Waals surface area contributed by atoms with Crippen molar-refractivity contribution in [2.75, 3.05) is 0 Å². The van der Waals surface area contributed by atoms with Gasteiger partial charge in [-0.3, -0.25) is 0 Å². The van der Waals surface area contributed by atoms with Crippen LogP contribution in [0.2, 0.25) is 5.02 Å². The summed E-state index contributed by atoms with van der Waals surface area (Å²) in [6, 6.07) is 62.3. The average molecular weight is 1240 g/mol. The minimum Gasteiger partial charge on any atom is -0.0843 e. The lowest BCUT2D eigenvalue weighted by molar-refractivity contribution is 0.398. The van der Waals surface area contributed by atoms with Gasteiger partial charge in [0.25, 0.3) is 0 Å². The van der Waals surface area contributed by atoms with Crippen LogP contribution >= 0.6 is 27.5 Å². The Morgan fingerprint density at radius 1 is 0.264 bits per heavy atom. The minimum absolute atomic E-state index is 0.0223.